The molecule has 2 heterocycles. The first kappa shape index (κ1) is 15.1. The first-order valence-corrected chi connectivity index (χ1v) is 7.29. The molecule has 2 aliphatic rings. The standard InChI is InChI=1S/C17H20O5/c1-10-6-5-7-11(8-10)13-15(19-4)14(21-16(13)18)12-9-20-17(2,3)22-12/h5-8,12,14H,9H2,1-4H3/t12-,14+/m0/s1. The second-order valence-corrected chi connectivity index (χ2v) is 6.01. The molecule has 0 saturated carbocycles. The van der Waals surface area contributed by atoms with Gasteiger partial charge >= 0.3 is 5.97 Å². The van der Waals surface area contributed by atoms with Crippen LogP contribution in [0.15, 0.2) is 30.0 Å². The fraction of sp³-hybridized carbons (Fsp3) is 0.471. The van der Waals surface area contributed by atoms with Crippen molar-refractivity contribution in [2.45, 2.75) is 38.8 Å². The predicted molar refractivity (Wildman–Crippen MR) is 79.9 cm³/mol. The van der Waals surface area contributed by atoms with E-state index in [1.165, 1.54) is 0 Å². The fourth-order valence-electron chi connectivity index (χ4n) is 2.86. The van der Waals surface area contributed by atoms with Crippen molar-refractivity contribution in [3.8, 4) is 0 Å². The highest BCUT2D eigenvalue weighted by Crippen LogP contribution is 2.37. The Bertz CT molecular complexity index is 632. The number of carbonyl (C=O) groups excluding carboxylic acids is 1. The maximum Gasteiger partial charge on any atom is 0.343 e. The summed E-state index contributed by atoms with van der Waals surface area (Å²) in [6.45, 7) is 6.01. The van der Waals surface area contributed by atoms with Crippen molar-refractivity contribution in [2.24, 2.45) is 0 Å². The van der Waals surface area contributed by atoms with Crippen LogP contribution in [0.2, 0.25) is 0 Å². The zero-order chi connectivity index (χ0) is 15.9. The minimum absolute atomic E-state index is 0.360. The van der Waals surface area contributed by atoms with Gasteiger partial charge < -0.3 is 18.9 Å². The van der Waals surface area contributed by atoms with Gasteiger partial charge in [0.25, 0.3) is 0 Å². The van der Waals surface area contributed by atoms with Crippen LogP contribution in [-0.2, 0) is 23.7 Å². The summed E-state index contributed by atoms with van der Waals surface area (Å²) in [5.74, 6) is -0.565. The molecule has 2 atom stereocenters. The lowest BCUT2D eigenvalue weighted by Crippen LogP contribution is -2.33. The lowest BCUT2D eigenvalue weighted by Gasteiger charge is -2.21. The van der Waals surface area contributed by atoms with E-state index in [0.29, 0.717) is 17.9 Å². The van der Waals surface area contributed by atoms with Gasteiger partial charge in [-0.15, -0.1) is 0 Å². The first-order valence-electron chi connectivity index (χ1n) is 7.29. The van der Waals surface area contributed by atoms with E-state index in [-0.39, 0.29) is 12.1 Å². The molecule has 22 heavy (non-hydrogen) atoms. The number of carbonyl (C=O) groups is 1. The summed E-state index contributed by atoms with van der Waals surface area (Å²) in [7, 11) is 1.54. The Labute approximate surface area is 129 Å². The average molecular weight is 304 g/mol. The van der Waals surface area contributed by atoms with Crippen LogP contribution in [-0.4, -0.2) is 37.7 Å². The zero-order valence-corrected chi connectivity index (χ0v) is 13.2. The Morgan fingerprint density at radius 2 is 2.09 bits per heavy atom. The van der Waals surface area contributed by atoms with Crippen LogP contribution in [0.5, 0.6) is 0 Å². The molecule has 1 aromatic carbocycles. The molecule has 1 saturated heterocycles. The van der Waals surface area contributed by atoms with Gasteiger partial charge in [-0.2, -0.15) is 0 Å². The number of rotatable bonds is 3. The van der Waals surface area contributed by atoms with Crippen LogP contribution in [0.1, 0.15) is 25.0 Å². The largest absolute Gasteiger partial charge is 0.496 e. The highest BCUT2D eigenvalue weighted by atomic mass is 16.8. The second kappa shape index (κ2) is 5.41. The van der Waals surface area contributed by atoms with Gasteiger partial charge in [-0.3, -0.25) is 0 Å². The van der Waals surface area contributed by atoms with Crippen LogP contribution in [0.4, 0.5) is 0 Å². The molecule has 0 spiro atoms. The van der Waals surface area contributed by atoms with Gasteiger partial charge in [0, 0.05) is 0 Å². The molecule has 0 bridgehead atoms. The molecular weight excluding hydrogens is 284 g/mol. The van der Waals surface area contributed by atoms with Crippen molar-refractivity contribution in [3.63, 3.8) is 0 Å². The average Bonchev–Trinajstić information content (AvgIpc) is 2.98. The monoisotopic (exact) mass is 304 g/mol. The number of cyclic esters (lactones) is 1. The molecule has 0 aromatic heterocycles. The molecule has 0 unspecified atom stereocenters. The van der Waals surface area contributed by atoms with Crippen LogP contribution >= 0.6 is 0 Å². The number of hydrogen-bond acceptors (Lipinski definition) is 5. The van der Waals surface area contributed by atoms with Crippen molar-refractivity contribution in [2.75, 3.05) is 13.7 Å². The molecule has 118 valence electrons. The van der Waals surface area contributed by atoms with Gasteiger partial charge in [-0.25, -0.2) is 4.79 Å². The van der Waals surface area contributed by atoms with E-state index in [4.69, 9.17) is 18.9 Å². The molecule has 0 radical (unpaired) electrons. The Hall–Kier alpha value is -1.85. The van der Waals surface area contributed by atoms with Gasteiger partial charge in [0.15, 0.2) is 17.7 Å². The molecule has 5 heteroatoms. The molecule has 2 aliphatic heterocycles. The number of benzene rings is 1. The molecule has 1 aromatic rings. The fourth-order valence-corrected chi connectivity index (χ4v) is 2.86. The van der Waals surface area contributed by atoms with E-state index in [2.05, 4.69) is 0 Å². The highest BCUT2D eigenvalue weighted by Gasteiger charge is 2.47. The smallest absolute Gasteiger partial charge is 0.343 e. The maximum atomic E-state index is 12.3. The van der Waals surface area contributed by atoms with Crippen LogP contribution in [0, 0.1) is 6.92 Å². The molecule has 3 rings (SSSR count). The minimum atomic E-state index is -0.679. The Balaban J connectivity index is 1.97. The summed E-state index contributed by atoms with van der Waals surface area (Å²) in [5.41, 5.74) is 2.32. The normalized spacial score (nSPS) is 27.2. The van der Waals surface area contributed by atoms with E-state index in [1.807, 2.05) is 45.0 Å². The summed E-state index contributed by atoms with van der Waals surface area (Å²) < 4.78 is 22.4. The van der Waals surface area contributed by atoms with Gasteiger partial charge in [-0.1, -0.05) is 29.8 Å². The minimum Gasteiger partial charge on any atom is -0.496 e. The van der Waals surface area contributed by atoms with Gasteiger partial charge in [0.2, 0.25) is 0 Å². The van der Waals surface area contributed by atoms with Crippen molar-refractivity contribution < 1.29 is 23.7 Å². The molecule has 0 N–H and O–H groups in total. The summed E-state index contributed by atoms with van der Waals surface area (Å²) in [6.07, 6.45) is -0.939. The maximum absolute atomic E-state index is 12.3. The summed E-state index contributed by atoms with van der Waals surface area (Å²) in [5, 5.41) is 0. The Kier molecular flexibility index (Phi) is 3.70. The quantitative estimate of drug-likeness (QED) is 0.803. The SMILES string of the molecule is COC1=C(c2cccc(C)c2)C(=O)O[C@@H]1[C@@H]1COC(C)(C)O1. The third-order valence-corrected chi connectivity index (χ3v) is 3.84. The molecule has 0 amide bonds. The summed E-state index contributed by atoms with van der Waals surface area (Å²) >= 11 is 0. The number of methoxy groups -OCH3 is 1. The molecular formula is C17H20O5. The van der Waals surface area contributed by atoms with Crippen molar-refractivity contribution >= 4 is 11.5 Å². The van der Waals surface area contributed by atoms with Crippen LogP contribution in [0.3, 0.4) is 0 Å². The number of ether oxygens (including phenoxy) is 4. The van der Waals surface area contributed by atoms with E-state index in [0.717, 1.165) is 11.1 Å². The molecule has 5 nitrogen and oxygen atoms in total. The van der Waals surface area contributed by atoms with Crippen molar-refractivity contribution in [3.05, 3.63) is 41.2 Å². The third-order valence-electron chi connectivity index (χ3n) is 3.84. The number of esters is 1. The third kappa shape index (κ3) is 2.62. The first-order chi connectivity index (χ1) is 10.4. The lowest BCUT2D eigenvalue weighted by molar-refractivity contribution is -0.162. The number of hydrogen-bond donors (Lipinski definition) is 0. The Morgan fingerprint density at radius 1 is 1.32 bits per heavy atom. The van der Waals surface area contributed by atoms with Crippen molar-refractivity contribution in [1.82, 2.24) is 0 Å². The summed E-state index contributed by atoms with van der Waals surface area (Å²) in [6, 6.07) is 7.70. The summed E-state index contributed by atoms with van der Waals surface area (Å²) in [4.78, 5) is 12.3. The predicted octanol–water partition coefficient (Wildman–Crippen LogP) is 2.43. The van der Waals surface area contributed by atoms with E-state index < -0.39 is 11.9 Å². The van der Waals surface area contributed by atoms with Crippen molar-refractivity contribution in [1.29, 1.82) is 0 Å². The van der Waals surface area contributed by atoms with Gasteiger partial charge in [0.05, 0.1) is 13.7 Å². The van der Waals surface area contributed by atoms with Crippen LogP contribution < -0.4 is 0 Å². The van der Waals surface area contributed by atoms with E-state index in [1.54, 1.807) is 7.11 Å². The van der Waals surface area contributed by atoms with E-state index in [9.17, 15) is 4.79 Å². The highest BCUT2D eigenvalue weighted by molar-refractivity contribution is 6.19. The van der Waals surface area contributed by atoms with Crippen LogP contribution in [0.25, 0.3) is 5.57 Å². The van der Waals surface area contributed by atoms with E-state index >= 15 is 0 Å². The molecule has 1 fully saturated rings. The van der Waals surface area contributed by atoms with Gasteiger partial charge in [0.1, 0.15) is 11.7 Å². The topological polar surface area (TPSA) is 54.0 Å². The molecule has 0 aliphatic carbocycles. The number of aryl methyl sites for hydroxylation is 1. The Morgan fingerprint density at radius 3 is 2.68 bits per heavy atom. The zero-order valence-electron chi connectivity index (χ0n) is 13.2. The second-order valence-electron chi connectivity index (χ2n) is 6.01. The lowest BCUT2D eigenvalue weighted by atomic mass is 10.0. The van der Waals surface area contributed by atoms with Gasteiger partial charge in [-0.05, 0) is 26.3 Å².